The molecule has 1 aromatic carbocycles. The summed E-state index contributed by atoms with van der Waals surface area (Å²) in [4.78, 5) is 14.7. The number of hydrogen-bond acceptors (Lipinski definition) is 3. The molecule has 1 amide bonds. The molecule has 21 heavy (non-hydrogen) atoms. The third kappa shape index (κ3) is 3.11. The van der Waals surface area contributed by atoms with Crippen molar-refractivity contribution < 1.29 is 4.79 Å². The van der Waals surface area contributed by atoms with Crippen molar-refractivity contribution >= 4 is 5.91 Å². The Bertz CT molecular complexity index is 476. The molecular formula is C17H25N3O. The quantitative estimate of drug-likeness (QED) is 0.886. The van der Waals surface area contributed by atoms with Crippen LogP contribution in [0.2, 0.25) is 0 Å². The Morgan fingerprint density at radius 1 is 1.29 bits per heavy atom. The van der Waals surface area contributed by atoms with E-state index in [0.717, 1.165) is 12.1 Å². The summed E-state index contributed by atoms with van der Waals surface area (Å²) in [6.07, 6.45) is 5.03. The number of nitrogens with two attached hydrogens (primary N) is 1. The van der Waals surface area contributed by atoms with Crippen molar-refractivity contribution in [3.05, 3.63) is 35.9 Å². The summed E-state index contributed by atoms with van der Waals surface area (Å²) in [6, 6.07) is 10.4. The maximum atomic E-state index is 12.2. The molecule has 114 valence electrons. The summed E-state index contributed by atoms with van der Waals surface area (Å²) < 4.78 is 0. The highest BCUT2D eigenvalue weighted by Crippen LogP contribution is 2.37. The van der Waals surface area contributed by atoms with Gasteiger partial charge in [-0.15, -0.1) is 0 Å². The van der Waals surface area contributed by atoms with E-state index in [-0.39, 0.29) is 5.91 Å². The van der Waals surface area contributed by atoms with Gasteiger partial charge in [0.1, 0.15) is 6.04 Å². The lowest BCUT2D eigenvalue weighted by Gasteiger charge is -2.36. The molecule has 2 bridgehead atoms. The zero-order valence-corrected chi connectivity index (χ0v) is 12.7. The van der Waals surface area contributed by atoms with Gasteiger partial charge < -0.3 is 16.0 Å². The molecule has 2 aliphatic rings. The lowest BCUT2D eigenvalue weighted by Crippen LogP contribution is -2.44. The van der Waals surface area contributed by atoms with Gasteiger partial charge in [0.2, 0.25) is 5.91 Å². The highest BCUT2D eigenvalue weighted by Gasteiger charge is 2.38. The Labute approximate surface area is 126 Å². The number of benzene rings is 1. The topological polar surface area (TPSA) is 58.4 Å². The number of carbonyl (C=O) groups is 1. The normalized spacial score (nSPS) is 30.1. The van der Waals surface area contributed by atoms with Crippen LogP contribution in [-0.4, -0.2) is 36.5 Å². The molecular weight excluding hydrogens is 262 g/mol. The standard InChI is InChI=1S/C17H25N3O/c1-20-14-7-8-15(20)10-12(9-14)11-19-17(21)16(18)13-5-3-2-4-6-13/h2-6,12,14-16H,7-11,18H2,1H3,(H,19,21). The molecule has 0 radical (unpaired) electrons. The van der Waals surface area contributed by atoms with Crippen LogP contribution in [0.1, 0.15) is 37.3 Å². The second kappa shape index (κ2) is 6.16. The first-order valence-corrected chi connectivity index (χ1v) is 7.95. The van der Waals surface area contributed by atoms with Crippen LogP contribution in [0.25, 0.3) is 0 Å². The lowest BCUT2D eigenvalue weighted by molar-refractivity contribution is -0.122. The van der Waals surface area contributed by atoms with Crippen LogP contribution in [0.15, 0.2) is 30.3 Å². The van der Waals surface area contributed by atoms with E-state index in [0.29, 0.717) is 18.0 Å². The number of rotatable bonds is 4. The van der Waals surface area contributed by atoms with Gasteiger partial charge in [-0.05, 0) is 44.2 Å². The van der Waals surface area contributed by atoms with Crippen LogP contribution < -0.4 is 11.1 Å². The Hall–Kier alpha value is -1.39. The van der Waals surface area contributed by atoms with Crippen molar-refractivity contribution in [2.24, 2.45) is 11.7 Å². The van der Waals surface area contributed by atoms with Crippen LogP contribution in [0, 0.1) is 5.92 Å². The fourth-order valence-corrected chi connectivity index (χ4v) is 3.86. The average Bonchev–Trinajstić information content (AvgIpc) is 2.75. The van der Waals surface area contributed by atoms with Crippen LogP contribution in [-0.2, 0) is 4.79 Å². The van der Waals surface area contributed by atoms with Gasteiger partial charge in [-0.2, -0.15) is 0 Å². The predicted molar refractivity (Wildman–Crippen MR) is 83.7 cm³/mol. The van der Waals surface area contributed by atoms with Crippen molar-refractivity contribution in [1.82, 2.24) is 10.2 Å². The van der Waals surface area contributed by atoms with Gasteiger partial charge in [0.05, 0.1) is 0 Å². The number of fused-ring (bicyclic) bond motifs is 2. The minimum Gasteiger partial charge on any atom is -0.354 e. The summed E-state index contributed by atoms with van der Waals surface area (Å²) in [5, 5.41) is 3.05. The molecule has 0 spiro atoms. The average molecular weight is 287 g/mol. The smallest absolute Gasteiger partial charge is 0.241 e. The van der Waals surface area contributed by atoms with Crippen molar-refractivity contribution in [3.63, 3.8) is 0 Å². The second-order valence-corrected chi connectivity index (χ2v) is 6.52. The summed E-state index contributed by atoms with van der Waals surface area (Å²) in [7, 11) is 2.24. The first kappa shape index (κ1) is 14.5. The molecule has 2 heterocycles. The summed E-state index contributed by atoms with van der Waals surface area (Å²) >= 11 is 0. The van der Waals surface area contributed by atoms with Crippen molar-refractivity contribution in [2.45, 2.75) is 43.8 Å². The molecule has 3 rings (SSSR count). The van der Waals surface area contributed by atoms with E-state index in [4.69, 9.17) is 5.73 Å². The van der Waals surface area contributed by atoms with E-state index in [1.165, 1.54) is 25.7 Å². The van der Waals surface area contributed by atoms with E-state index in [9.17, 15) is 4.79 Å². The van der Waals surface area contributed by atoms with E-state index in [2.05, 4.69) is 17.3 Å². The molecule has 3 atom stereocenters. The van der Waals surface area contributed by atoms with Gasteiger partial charge in [-0.25, -0.2) is 0 Å². The highest BCUT2D eigenvalue weighted by atomic mass is 16.2. The lowest BCUT2D eigenvalue weighted by atomic mass is 9.91. The highest BCUT2D eigenvalue weighted by molar-refractivity contribution is 5.82. The number of nitrogens with one attached hydrogen (secondary N) is 1. The molecule has 0 aromatic heterocycles. The molecule has 0 aliphatic carbocycles. The van der Waals surface area contributed by atoms with E-state index in [1.54, 1.807) is 0 Å². The molecule has 4 heteroatoms. The SMILES string of the molecule is CN1C2CCC1CC(CNC(=O)C(N)c1ccccc1)C2. The third-order valence-electron chi connectivity index (χ3n) is 5.20. The van der Waals surface area contributed by atoms with Crippen molar-refractivity contribution in [3.8, 4) is 0 Å². The molecule has 2 aliphatic heterocycles. The Morgan fingerprint density at radius 3 is 2.52 bits per heavy atom. The molecule has 3 N–H and O–H groups in total. The number of carbonyl (C=O) groups excluding carboxylic acids is 1. The predicted octanol–water partition coefficient (Wildman–Crippen LogP) is 1.68. The number of hydrogen-bond donors (Lipinski definition) is 2. The van der Waals surface area contributed by atoms with E-state index in [1.807, 2.05) is 30.3 Å². The summed E-state index contributed by atoms with van der Waals surface area (Å²) in [6.45, 7) is 0.764. The molecule has 2 saturated heterocycles. The maximum absolute atomic E-state index is 12.2. The van der Waals surface area contributed by atoms with Crippen LogP contribution >= 0.6 is 0 Å². The largest absolute Gasteiger partial charge is 0.354 e. The minimum atomic E-state index is -0.561. The maximum Gasteiger partial charge on any atom is 0.241 e. The summed E-state index contributed by atoms with van der Waals surface area (Å²) in [5.74, 6) is 0.540. The van der Waals surface area contributed by atoms with Gasteiger partial charge >= 0.3 is 0 Å². The van der Waals surface area contributed by atoms with Crippen LogP contribution in [0.5, 0.6) is 0 Å². The Kier molecular flexibility index (Phi) is 4.27. The number of amides is 1. The third-order valence-corrected chi connectivity index (χ3v) is 5.20. The molecule has 1 aromatic rings. The first-order chi connectivity index (χ1) is 10.1. The van der Waals surface area contributed by atoms with Gasteiger partial charge in [0.15, 0.2) is 0 Å². The van der Waals surface area contributed by atoms with E-state index < -0.39 is 6.04 Å². The molecule has 2 fully saturated rings. The Morgan fingerprint density at radius 2 is 1.90 bits per heavy atom. The molecule has 3 unspecified atom stereocenters. The Balaban J connectivity index is 1.50. The van der Waals surface area contributed by atoms with Crippen LogP contribution in [0.3, 0.4) is 0 Å². The zero-order chi connectivity index (χ0) is 14.8. The van der Waals surface area contributed by atoms with Crippen molar-refractivity contribution in [2.75, 3.05) is 13.6 Å². The van der Waals surface area contributed by atoms with Gasteiger partial charge in [-0.3, -0.25) is 4.79 Å². The molecule has 0 saturated carbocycles. The number of nitrogens with zero attached hydrogens (tertiary/aromatic N) is 1. The summed E-state index contributed by atoms with van der Waals surface area (Å²) in [5.41, 5.74) is 6.90. The van der Waals surface area contributed by atoms with E-state index >= 15 is 0 Å². The first-order valence-electron chi connectivity index (χ1n) is 7.95. The van der Waals surface area contributed by atoms with Crippen molar-refractivity contribution in [1.29, 1.82) is 0 Å². The minimum absolute atomic E-state index is 0.0625. The fraction of sp³-hybridized carbons (Fsp3) is 0.588. The van der Waals surface area contributed by atoms with Crippen LogP contribution in [0.4, 0.5) is 0 Å². The van der Waals surface area contributed by atoms with Gasteiger partial charge in [0, 0.05) is 18.6 Å². The number of piperidine rings is 1. The van der Waals surface area contributed by atoms with Gasteiger partial charge in [0.25, 0.3) is 0 Å². The zero-order valence-electron chi connectivity index (χ0n) is 12.7. The van der Waals surface area contributed by atoms with Gasteiger partial charge in [-0.1, -0.05) is 30.3 Å². The molecule has 4 nitrogen and oxygen atoms in total. The monoisotopic (exact) mass is 287 g/mol. The fourth-order valence-electron chi connectivity index (χ4n) is 3.86. The second-order valence-electron chi connectivity index (χ2n) is 6.52.